The molecule has 0 aliphatic heterocycles. The van der Waals surface area contributed by atoms with Gasteiger partial charge in [0.2, 0.25) is 0 Å². The summed E-state index contributed by atoms with van der Waals surface area (Å²) in [5, 5.41) is 0. The van der Waals surface area contributed by atoms with Gasteiger partial charge in [0.1, 0.15) is 12.4 Å². The smallest absolute Gasteiger partial charge is 0.440 e. The highest BCUT2D eigenvalue weighted by atomic mass is 16.5. The van der Waals surface area contributed by atoms with Gasteiger partial charge >= 0.3 is 11.4 Å². The zero-order valence-electron chi connectivity index (χ0n) is 17.8. The Bertz CT molecular complexity index is 1300. The van der Waals surface area contributed by atoms with Gasteiger partial charge in [-0.05, 0) is 72.4 Å². The van der Waals surface area contributed by atoms with Gasteiger partial charge in [-0.3, -0.25) is 0 Å². The van der Waals surface area contributed by atoms with Crippen LogP contribution in [-0.4, -0.2) is 9.72 Å². The molecule has 0 spiro atoms. The number of hydrogen-bond acceptors (Lipinski definition) is 4. The van der Waals surface area contributed by atoms with E-state index < -0.39 is 11.4 Å². The van der Waals surface area contributed by atoms with Crippen molar-refractivity contribution >= 4 is 0 Å². The summed E-state index contributed by atoms with van der Waals surface area (Å²) >= 11 is 0. The lowest BCUT2D eigenvalue weighted by molar-refractivity contribution is 0.258. The van der Waals surface area contributed by atoms with Crippen molar-refractivity contribution in [2.45, 2.75) is 33.9 Å². The highest BCUT2D eigenvalue weighted by molar-refractivity contribution is 5.71. The average Bonchev–Trinajstić information content (AvgIpc) is 3.04. The normalized spacial score (nSPS) is 10.9. The fraction of sp³-hybridized carbons (Fsp3) is 0.200. The molecule has 6 heteroatoms. The molecule has 1 aromatic heterocycles. The van der Waals surface area contributed by atoms with E-state index in [2.05, 4.69) is 62.2 Å². The van der Waals surface area contributed by atoms with E-state index >= 15 is 0 Å². The minimum atomic E-state index is -0.761. The summed E-state index contributed by atoms with van der Waals surface area (Å²) in [5.74, 6) is -0.0390. The highest BCUT2D eigenvalue weighted by Gasteiger charge is 2.08. The molecule has 4 rings (SSSR count). The predicted molar refractivity (Wildman–Crippen MR) is 120 cm³/mol. The van der Waals surface area contributed by atoms with Crippen LogP contribution in [0.4, 0.5) is 0 Å². The van der Waals surface area contributed by atoms with E-state index in [4.69, 9.17) is 9.26 Å². The molecule has 0 radical (unpaired) electrons. The van der Waals surface area contributed by atoms with Crippen LogP contribution in [0.2, 0.25) is 0 Å². The molecule has 0 amide bonds. The lowest BCUT2D eigenvalue weighted by Gasteiger charge is -2.13. The lowest BCUT2D eigenvalue weighted by atomic mass is 9.93. The summed E-state index contributed by atoms with van der Waals surface area (Å²) < 4.78 is 11.7. The van der Waals surface area contributed by atoms with Crippen LogP contribution in [0.1, 0.15) is 27.8 Å². The van der Waals surface area contributed by atoms with Crippen molar-refractivity contribution in [2.24, 2.45) is 0 Å². The second kappa shape index (κ2) is 8.52. The number of nitrogens with one attached hydrogen (secondary N) is 1. The van der Waals surface area contributed by atoms with Gasteiger partial charge in [0, 0.05) is 0 Å². The third kappa shape index (κ3) is 4.69. The molecule has 0 aliphatic rings. The topological polar surface area (TPSA) is 77.2 Å². The zero-order valence-corrected chi connectivity index (χ0v) is 17.8. The molecule has 158 valence electrons. The van der Waals surface area contributed by atoms with Gasteiger partial charge in [0.25, 0.3) is 0 Å². The molecule has 1 heterocycles. The Morgan fingerprint density at radius 2 is 1.61 bits per heavy atom. The Morgan fingerprint density at radius 1 is 0.903 bits per heavy atom. The van der Waals surface area contributed by atoms with Crippen molar-refractivity contribution in [3.05, 3.63) is 110 Å². The standard InChI is InChI=1S/C25H24N2O4/c1-16-11-17(2)23(18(3)12-16)21-6-4-5-20(13-21)15-30-22-9-7-19(8-10-22)14-27-24(28)26-25(29)31-27/h4-13H,14-15H2,1-3H3,(H,26,28,29). The Labute approximate surface area is 179 Å². The molecule has 0 atom stereocenters. The largest absolute Gasteiger partial charge is 0.489 e. The van der Waals surface area contributed by atoms with Crippen molar-refractivity contribution in [2.75, 3.05) is 0 Å². The molecular weight excluding hydrogens is 392 g/mol. The third-order valence-electron chi connectivity index (χ3n) is 5.18. The van der Waals surface area contributed by atoms with E-state index in [1.165, 1.54) is 27.8 Å². The highest BCUT2D eigenvalue weighted by Crippen LogP contribution is 2.29. The lowest BCUT2D eigenvalue weighted by Crippen LogP contribution is -2.17. The molecule has 0 aliphatic carbocycles. The van der Waals surface area contributed by atoms with E-state index in [0.717, 1.165) is 21.6 Å². The summed E-state index contributed by atoms with van der Waals surface area (Å²) in [6.07, 6.45) is 0. The molecule has 3 aromatic carbocycles. The van der Waals surface area contributed by atoms with Crippen LogP contribution in [0.25, 0.3) is 11.1 Å². The van der Waals surface area contributed by atoms with Gasteiger partial charge in [-0.25, -0.2) is 14.6 Å². The summed E-state index contributed by atoms with van der Waals surface area (Å²) in [5.41, 5.74) is 7.60. The molecule has 6 nitrogen and oxygen atoms in total. The van der Waals surface area contributed by atoms with E-state index in [0.29, 0.717) is 6.61 Å². The SMILES string of the molecule is Cc1cc(C)c(-c2cccc(COc3ccc(Cn4oc(=O)[nH]c4=O)cc3)c2)c(C)c1. The van der Waals surface area contributed by atoms with Gasteiger partial charge in [-0.15, -0.1) is 4.74 Å². The first-order valence-corrected chi connectivity index (χ1v) is 10.1. The number of aryl methyl sites for hydroxylation is 3. The van der Waals surface area contributed by atoms with Crippen molar-refractivity contribution in [3.8, 4) is 16.9 Å². The average molecular weight is 416 g/mol. The number of H-pyrrole nitrogens is 1. The van der Waals surface area contributed by atoms with Gasteiger partial charge in [-0.2, -0.15) is 0 Å². The fourth-order valence-corrected chi connectivity index (χ4v) is 3.89. The first-order chi connectivity index (χ1) is 14.9. The van der Waals surface area contributed by atoms with Crippen LogP contribution in [0.3, 0.4) is 0 Å². The monoisotopic (exact) mass is 416 g/mol. The summed E-state index contributed by atoms with van der Waals surface area (Å²) in [7, 11) is 0. The Balaban J connectivity index is 1.45. The summed E-state index contributed by atoms with van der Waals surface area (Å²) in [6.45, 7) is 7.03. The molecule has 0 unspecified atom stereocenters. The molecule has 0 fully saturated rings. The van der Waals surface area contributed by atoms with Crippen molar-refractivity contribution < 1.29 is 9.26 Å². The molecule has 0 bridgehead atoms. The third-order valence-corrected chi connectivity index (χ3v) is 5.18. The van der Waals surface area contributed by atoms with E-state index in [-0.39, 0.29) is 6.54 Å². The molecule has 0 saturated carbocycles. The molecule has 1 N–H and O–H groups in total. The first-order valence-electron chi connectivity index (χ1n) is 10.1. The quantitative estimate of drug-likeness (QED) is 0.507. The maximum absolute atomic E-state index is 11.5. The van der Waals surface area contributed by atoms with Crippen LogP contribution in [-0.2, 0) is 13.2 Å². The Hall–Kier alpha value is -3.80. The van der Waals surface area contributed by atoms with Crippen molar-refractivity contribution in [1.82, 2.24) is 9.72 Å². The molecule has 0 saturated heterocycles. The number of aromatic amines is 1. The number of aromatic nitrogens is 2. The minimum Gasteiger partial charge on any atom is -0.489 e. The second-order valence-electron chi connectivity index (χ2n) is 7.75. The van der Waals surface area contributed by atoms with Gasteiger partial charge < -0.3 is 9.26 Å². The van der Waals surface area contributed by atoms with Gasteiger partial charge in [-0.1, -0.05) is 48.0 Å². The predicted octanol–water partition coefficient (Wildman–Crippen LogP) is 4.35. The van der Waals surface area contributed by atoms with Crippen molar-refractivity contribution in [3.63, 3.8) is 0 Å². The maximum atomic E-state index is 11.5. The number of rotatable bonds is 6. The summed E-state index contributed by atoms with van der Waals surface area (Å²) in [6, 6.07) is 20.2. The van der Waals surface area contributed by atoms with Crippen LogP contribution >= 0.6 is 0 Å². The number of hydrogen-bond donors (Lipinski definition) is 1. The molecular formula is C25H24N2O4. The minimum absolute atomic E-state index is 0.176. The van der Waals surface area contributed by atoms with Gasteiger partial charge in [0.15, 0.2) is 0 Å². The van der Waals surface area contributed by atoms with Crippen LogP contribution in [0, 0.1) is 20.8 Å². The number of ether oxygens (including phenoxy) is 1. The molecule has 4 aromatic rings. The zero-order chi connectivity index (χ0) is 22.0. The number of benzene rings is 3. The van der Waals surface area contributed by atoms with Crippen LogP contribution < -0.4 is 16.2 Å². The van der Waals surface area contributed by atoms with E-state index in [9.17, 15) is 9.59 Å². The van der Waals surface area contributed by atoms with Crippen LogP contribution in [0.5, 0.6) is 5.75 Å². The Morgan fingerprint density at radius 3 is 2.26 bits per heavy atom. The second-order valence-corrected chi connectivity index (χ2v) is 7.75. The molecule has 31 heavy (non-hydrogen) atoms. The van der Waals surface area contributed by atoms with Crippen LogP contribution in [0.15, 0.2) is 74.8 Å². The number of nitrogens with zero attached hydrogens (tertiary/aromatic N) is 1. The maximum Gasteiger partial charge on any atom is 0.440 e. The first kappa shape index (κ1) is 20.5. The van der Waals surface area contributed by atoms with E-state index in [1.54, 1.807) is 0 Å². The Kier molecular flexibility index (Phi) is 5.62. The van der Waals surface area contributed by atoms with E-state index in [1.807, 2.05) is 24.3 Å². The van der Waals surface area contributed by atoms with Gasteiger partial charge in [0.05, 0.1) is 6.54 Å². The summed E-state index contributed by atoms with van der Waals surface area (Å²) in [4.78, 5) is 24.7. The fourth-order valence-electron chi connectivity index (χ4n) is 3.89. The van der Waals surface area contributed by atoms with Crippen molar-refractivity contribution in [1.29, 1.82) is 0 Å².